The number of aliphatic hydroxyl groups excluding tert-OH is 1. The van der Waals surface area contributed by atoms with Crippen LogP contribution in [0.25, 0.3) is 11.0 Å². The van der Waals surface area contributed by atoms with Gasteiger partial charge in [-0.15, -0.1) is 0 Å². The number of carbonyl (C=O) groups is 1. The lowest BCUT2D eigenvalue weighted by Gasteiger charge is -2.10. The molecule has 2 aromatic heterocycles. The van der Waals surface area contributed by atoms with E-state index in [1.807, 2.05) is 55.5 Å². The smallest absolute Gasteiger partial charge is 0.261 e. The van der Waals surface area contributed by atoms with Crippen LogP contribution in [0.2, 0.25) is 0 Å². The van der Waals surface area contributed by atoms with Crippen LogP contribution in [0.3, 0.4) is 0 Å². The molecule has 6 nitrogen and oxygen atoms in total. The fourth-order valence-electron chi connectivity index (χ4n) is 3.00. The summed E-state index contributed by atoms with van der Waals surface area (Å²) in [6.07, 6.45) is 1.58. The third-order valence-corrected chi connectivity index (χ3v) is 4.48. The van der Waals surface area contributed by atoms with Gasteiger partial charge < -0.3 is 14.8 Å². The van der Waals surface area contributed by atoms with E-state index in [2.05, 4.69) is 15.3 Å². The predicted octanol–water partition coefficient (Wildman–Crippen LogP) is 4.11. The van der Waals surface area contributed by atoms with Crippen LogP contribution in [0.5, 0.6) is 0 Å². The van der Waals surface area contributed by atoms with Crippen LogP contribution in [0, 0.1) is 6.92 Å². The van der Waals surface area contributed by atoms with Crippen molar-refractivity contribution in [2.75, 3.05) is 5.32 Å². The number of benzene rings is 2. The zero-order valence-corrected chi connectivity index (χ0v) is 15.8. The van der Waals surface area contributed by atoms with Gasteiger partial charge in [-0.2, -0.15) is 0 Å². The molecule has 29 heavy (non-hydrogen) atoms. The Hall–Kier alpha value is -3.77. The molecule has 1 amide bonds. The average Bonchev–Trinajstić information content (AvgIpc) is 2.75. The van der Waals surface area contributed by atoms with Gasteiger partial charge >= 0.3 is 0 Å². The van der Waals surface area contributed by atoms with Crippen LogP contribution in [0.1, 0.15) is 21.6 Å². The maximum Gasteiger partial charge on any atom is 0.261 e. The van der Waals surface area contributed by atoms with Gasteiger partial charge in [0, 0.05) is 22.8 Å². The van der Waals surface area contributed by atoms with Crippen molar-refractivity contribution in [3.05, 3.63) is 95.3 Å². The Morgan fingerprint density at radius 3 is 2.48 bits per heavy atom. The molecule has 0 fully saturated rings. The van der Waals surface area contributed by atoms with Gasteiger partial charge in [0.05, 0.1) is 18.0 Å². The molecular weight excluding hydrogens is 366 g/mol. The first kappa shape index (κ1) is 18.6. The molecule has 144 valence electrons. The van der Waals surface area contributed by atoms with Gasteiger partial charge in [0.1, 0.15) is 5.56 Å². The number of nitrogens with zero attached hydrogens (tertiary/aromatic N) is 2. The minimum Gasteiger partial charge on any atom is -0.436 e. The third-order valence-electron chi connectivity index (χ3n) is 4.48. The summed E-state index contributed by atoms with van der Waals surface area (Å²) in [6.45, 7) is 1.59. The van der Waals surface area contributed by atoms with E-state index in [0.717, 1.165) is 0 Å². The Kier molecular flexibility index (Phi) is 5.18. The molecule has 0 radical (unpaired) electrons. The van der Waals surface area contributed by atoms with E-state index < -0.39 is 0 Å². The minimum atomic E-state index is -0.352. The number of para-hydroxylation sites is 2. The highest BCUT2D eigenvalue weighted by atomic mass is 16.3. The molecule has 0 aliphatic carbocycles. The monoisotopic (exact) mass is 385 g/mol. The standard InChI is InChI=1S/C23H19N3O3/c1-15-21-19(16(14-27)13-24-15)12-20(22(28)25-17-8-4-2-5-9-17)23(29-21)26-18-10-6-3-7-11-18/h2-13,27H,14H2,1H3,(H,25,28). The van der Waals surface area contributed by atoms with Crippen LogP contribution in [-0.4, -0.2) is 16.0 Å². The SMILES string of the molecule is Cc1ncc(CO)c2cc(C(=O)Nc3ccccc3)c(=Nc3ccccc3)oc12. The van der Waals surface area contributed by atoms with Crippen molar-refractivity contribution in [1.82, 2.24) is 4.98 Å². The highest BCUT2D eigenvalue weighted by Gasteiger charge is 2.16. The van der Waals surface area contributed by atoms with Crippen LogP contribution < -0.4 is 10.9 Å². The summed E-state index contributed by atoms with van der Waals surface area (Å²) < 4.78 is 6.03. The molecule has 2 aromatic carbocycles. The van der Waals surface area contributed by atoms with Crippen molar-refractivity contribution >= 4 is 28.3 Å². The molecule has 0 aliphatic heterocycles. The largest absolute Gasteiger partial charge is 0.436 e. The fraction of sp³-hybridized carbons (Fsp3) is 0.0870. The zero-order valence-electron chi connectivity index (χ0n) is 15.8. The molecule has 0 saturated carbocycles. The summed E-state index contributed by atoms with van der Waals surface area (Å²) in [6, 6.07) is 20.1. The number of fused-ring (bicyclic) bond motifs is 1. The summed E-state index contributed by atoms with van der Waals surface area (Å²) in [5, 5.41) is 13.2. The highest BCUT2D eigenvalue weighted by molar-refractivity contribution is 6.05. The first-order chi connectivity index (χ1) is 14.2. The van der Waals surface area contributed by atoms with E-state index >= 15 is 0 Å². The van der Waals surface area contributed by atoms with Crippen molar-refractivity contribution in [3.8, 4) is 0 Å². The van der Waals surface area contributed by atoms with Crippen molar-refractivity contribution in [1.29, 1.82) is 0 Å². The lowest BCUT2D eigenvalue weighted by atomic mass is 10.1. The molecule has 0 aliphatic rings. The number of carbonyl (C=O) groups excluding carboxylic acids is 1. The summed E-state index contributed by atoms with van der Waals surface area (Å²) in [5.74, 6) is -0.352. The molecule has 0 spiro atoms. The number of aliphatic hydroxyl groups is 1. The van der Waals surface area contributed by atoms with Crippen molar-refractivity contribution in [2.24, 2.45) is 4.99 Å². The number of aryl methyl sites for hydroxylation is 1. The first-order valence-electron chi connectivity index (χ1n) is 9.15. The maximum atomic E-state index is 13.0. The highest BCUT2D eigenvalue weighted by Crippen LogP contribution is 2.22. The number of hydrogen-bond acceptors (Lipinski definition) is 5. The molecular formula is C23H19N3O3. The fourth-order valence-corrected chi connectivity index (χ4v) is 3.00. The lowest BCUT2D eigenvalue weighted by Crippen LogP contribution is -2.22. The molecule has 0 saturated heterocycles. The van der Waals surface area contributed by atoms with E-state index in [9.17, 15) is 9.90 Å². The van der Waals surface area contributed by atoms with Crippen LogP contribution in [-0.2, 0) is 6.61 Å². The molecule has 0 unspecified atom stereocenters. The topological polar surface area (TPSA) is 87.7 Å². The average molecular weight is 385 g/mol. The molecule has 6 heteroatoms. The van der Waals surface area contributed by atoms with Gasteiger partial charge in [0.15, 0.2) is 5.58 Å². The molecule has 0 bridgehead atoms. The minimum absolute atomic E-state index is 0.178. The van der Waals surface area contributed by atoms with E-state index in [1.165, 1.54) is 0 Å². The number of rotatable bonds is 4. The van der Waals surface area contributed by atoms with Gasteiger partial charge in [-0.1, -0.05) is 36.4 Å². The molecule has 0 atom stereocenters. The number of hydrogen-bond donors (Lipinski definition) is 2. The summed E-state index contributed by atoms with van der Waals surface area (Å²) in [7, 11) is 0. The van der Waals surface area contributed by atoms with Crippen molar-refractivity contribution in [3.63, 3.8) is 0 Å². The summed E-state index contributed by atoms with van der Waals surface area (Å²) >= 11 is 0. The van der Waals surface area contributed by atoms with Crippen LogP contribution in [0.4, 0.5) is 11.4 Å². The van der Waals surface area contributed by atoms with Gasteiger partial charge in [-0.05, 0) is 37.3 Å². The van der Waals surface area contributed by atoms with Gasteiger partial charge in [0.2, 0.25) is 5.55 Å². The normalized spacial score (nSPS) is 11.6. The van der Waals surface area contributed by atoms with Crippen LogP contribution >= 0.6 is 0 Å². The number of anilines is 1. The van der Waals surface area contributed by atoms with E-state index in [0.29, 0.717) is 33.6 Å². The van der Waals surface area contributed by atoms with Crippen LogP contribution in [0.15, 0.2) is 82.3 Å². The predicted molar refractivity (Wildman–Crippen MR) is 111 cm³/mol. The summed E-state index contributed by atoms with van der Waals surface area (Å²) in [5.41, 5.74) is 3.49. The number of pyridine rings is 1. The quantitative estimate of drug-likeness (QED) is 0.553. The second-order valence-corrected chi connectivity index (χ2v) is 6.50. The van der Waals surface area contributed by atoms with Gasteiger partial charge in [-0.3, -0.25) is 9.78 Å². The Morgan fingerprint density at radius 2 is 1.79 bits per heavy atom. The Labute approximate surface area is 167 Å². The number of nitrogens with one attached hydrogen (secondary N) is 1. The Bertz CT molecular complexity index is 1230. The number of amides is 1. The molecule has 2 heterocycles. The molecule has 2 N–H and O–H groups in total. The second-order valence-electron chi connectivity index (χ2n) is 6.50. The van der Waals surface area contributed by atoms with Crippen molar-refractivity contribution < 1.29 is 14.3 Å². The lowest BCUT2D eigenvalue weighted by molar-refractivity contribution is 0.102. The maximum absolute atomic E-state index is 13.0. The third kappa shape index (κ3) is 3.93. The first-order valence-corrected chi connectivity index (χ1v) is 9.15. The summed E-state index contributed by atoms with van der Waals surface area (Å²) in [4.78, 5) is 21.8. The Balaban J connectivity index is 1.93. The molecule has 4 rings (SSSR count). The van der Waals surface area contributed by atoms with E-state index in [4.69, 9.17) is 4.42 Å². The zero-order chi connectivity index (χ0) is 20.2. The second kappa shape index (κ2) is 8.08. The van der Waals surface area contributed by atoms with Crippen molar-refractivity contribution in [2.45, 2.75) is 13.5 Å². The molecule has 4 aromatic rings. The van der Waals surface area contributed by atoms with E-state index in [-0.39, 0.29) is 23.6 Å². The van der Waals surface area contributed by atoms with E-state index in [1.54, 1.807) is 24.4 Å². The van der Waals surface area contributed by atoms with Gasteiger partial charge in [0.25, 0.3) is 5.91 Å². The van der Waals surface area contributed by atoms with Gasteiger partial charge in [-0.25, -0.2) is 4.99 Å². The Morgan fingerprint density at radius 1 is 1.10 bits per heavy atom. The number of aromatic nitrogens is 1.